The Morgan fingerprint density at radius 3 is 2.93 bits per heavy atom. The van der Waals surface area contributed by atoms with Crippen LogP contribution in [0.2, 0.25) is 5.02 Å². The normalized spacial score (nSPS) is 14.1. The van der Waals surface area contributed by atoms with Crippen molar-refractivity contribution in [2.45, 2.75) is 6.42 Å². The Morgan fingerprint density at radius 1 is 1.32 bits per heavy atom. The van der Waals surface area contributed by atoms with E-state index >= 15 is 0 Å². The maximum absolute atomic E-state index is 12.7. The standard InChI is InChI=1S/C21H21ClN4O2/c1-25-13-17(16-4-3-9-23-20(16)25)14-7-10-26(11-8-14)21(27)24-18-12-15(22)5-6-19(18)28-2/h3-7,9,12-13H,8,10-11H2,1-2H3,(H,24,27). The van der Waals surface area contributed by atoms with Gasteiger partial charge in [-0.1, -0.05) is 17.7 Å². The summed E-state index contributed by atoms with van der Waals surface area (Å²) < 4.78 is 7.33. The molecule has 0 spiro atoms. The molecule has 0 radical (unpaired) electrons. The number of rotatable bonds is 3. The number of halogens is 1. The Hall–Kier alpha value is -2.99. The number of methoxy groups -OCH3 is 1. The molecule has 0 bridgehead atoms. The summed E-state index contributed by atoms with van der Waals surface area (Å²) in [4.78, 5) is 18.9. The number of nitrogens with zero attached hydrogens (tertiary/aromatic N) is 3. The van der Waals surface area contributed by atoms with Crippen LogP contribution in [0.25, 0.3) is 16.6 Å². The van der Waals surface area contributed by atoms with Gasteiger partial charge in [0, 0.05) is 48.5 Å². The smallest absolute Gasteiger partial charge is 0.322 e. The minimum Gasteiger partial charge on any atom is -0.495 e. The molecule has 0 atom stereocenters. The van der Waals surface area contributed by atoms with Crippen LogP contribution in [0, 0.1) is 0 Å². The predicted molar refractivity (Wildman–Crippen MR) is 112 cm³/mol. The number of hydrogen-bond donors (Lipinski definition) is 1. The minimum absolute atomic E-state index is 0.171. The van der Waals surface area contributed by atoms with E-state index in [1.54, 1.807) is 36.4 Å². The van der Waals surface area contributed by atoms with Gasteiger partial charge in [-0.25, -0.2) is 9.78 Å². The van der Waals surface area contributed by atoms with E-state index in [0.29, 0.717) is 29.5 Å². The zero-order chi connectivity index (χ0) is 19.7. The van der Waals surface area contributed by atoms with E-state index in [1.807, 2.05) is 17.7 Å². The van der Waals surface area contributed by atoms with Crippen LogP contribution in [0.15, 0.2) is 48.8 Å². The number of benzene rings is 1. The van der Waals surface area contributed by atoms with Gasteiger partial charge in [0.25, 0.3) is 0 Å². The van der Waals surface area contributed by atoms with E-state index in [9.17, 15) is 4.79 Å². The molecule has 2 aromatic heterocycles. The number of pyridine rings is 1. The summed E-state index contributed by atoms with van der Waals surface area (Å²) in [5.74, 6) is 0.578. The molecule has 1 aromatic carbocycles. The summed E-state index contributed by atoms with van der Waals surface area (Å²) in [6.07, 6.45) is 6.81. The molecule has 0 aliphatic carbocycles. The third-order valence-corrected chi connectivity index (χ3v) is 5.21. The molecule has 6 nitrogen and oxygen atoms in total. The van der Waals surface area contributed by atoms with Gasteiger partial charge < -0.3 is 19.5 Å². The van der Waals surface area contributed by atoms with Crippen molar-refractivity contribution in [2.75, 3.05) is 25.5 Å². The van der Waals surface area contributed by atoms with Crippen molar-refractivity contribution in [3.05, 3.63) is 59.4 Å². The number of urea groups is 1. The van der Waals surface area contributed by atoms with Crippen LogP contribution in [0.3, 0.4) is 0 Å². The summed E-state index contributed by atoms with van der Waals surface area (Å²) in [5.41, 5.74) is 3.95. The van der Waals surface area contributed by atoms with E-state index < -0.39 is 0 Å². The number of hydrogen-bond acceptors (Lipinski definition) is 3. The van der Waals surface area contributed by atoms with E-state index in [0.717, 1.165) is 17.5 Å². The molecule has 144 valence electrons. The van der Waals surface area contributed by atoms with Crippen LogP contribution >= 0.6 is 11.6 Å². The molecule has 4 rings (SSSR count). The second-order valence-electron chi connectivity index (χ2n) is 6.73. The average molecular weight is 397 g/mol. The maximum atomic E-state index is 12.7. The van der Waals surface area contributed by atoms with Crippen molar-refractivity contribution >= 4 is 39.9 Å². The fraction of sp³-hybridized carbons (Fsp3) is 0.238. The highest BCUT2D eigenvalue weighted by atomic mass is 35.5. The first kappa shape index (κ1) is 18.4. The van der Waals surface area contributed by atoms with Gasteiger partial charge in [0.05, 0.1) is 12.8 Å². The van der Waals surface area contributed by atoms with Gasteiger partial charge in [0.2, 0.25) is 0 Å². The van der Waals surface area contributed by atoms with Crippen molar-refractivity contribution < 1.29 is 9.53 Å². The molecule has 0 unspecified atom stereocenters. The van der Waals surface area contributed by atoms with Crippen LogP contribution in [0.5, 0.6) is 5.75 Å². The molecule has 28 heavy (non-hydrogen) atoms. The minimum atomic E-state index is -0.171. The Bertz CT molecular complexity index is 1070. The fourth-order valence-corrected chi connectivity index (χ4v) is 3.71. The zero-order valence-corrected chi connectivity index (χ0v) is 16.5. The molecule has 7 heteroatoms. The Balaban J connectivity index is 1.51. The Labute approximate surface area is 168 Å². The van der Waals surface area contributed by atoms with Crippen molar-refractivity contribution in [3.8, 4) is 5.75 Å². The molecule has 0 fully saturated rings. The number of carbonyl (C=O) groups excluding carboxylic acids is 1. The average Bonchev–Trinajstić information content (AvgIpc) is 3.05. The molecular weight excluding hydrogens is 376 g/mol. The van der Waals surface area contributed by atoms with Crippen molar-refractivity contribution in [1.82, 2.24) is 14.5 Å². The van der Waals surface area contributed by atoms with Gasteiger partial charge in [-0.2, -0.15) is 0 Å². The second kappa shape index (κ2) is 7.56. The lowest BCUT2D eigenvalue weighted by Gasteiger charge is -2.27. The first-order valence-corrected chi connectivity index (χ1v) is 9.43. The topological polar surface area (TPSA) is 59.4 Å². The lowest BCUT2D eigenvalue weighted by Crippen LogP contribution is -2.38. The number of ether oxygens (including phenoxy) is 1. The van der Waals surface area contributed by atoms with Gasteiger partial charge in [-0.15, -0.1) is 0 Å². The fourth-order valence-electron chi connectivity index (χ4n) is 3.54. The van der Waals surface area contributed by atoms with Crippen LogP contribution < -0.4 is 10.1 Å². The first-order chi connectivity index (χ1) is 13.6. The third kappa shape index (κ3) is 3.43. The van der Waals surface area contributed by atoms with Crippen LogP contribution in [0.4, 0.5) is 10.5 Å². The van der Waals surface area contributed by atoms with E-state index in [2.05, 4.69) is 28.6 Å². The number of fused-ring (bicyclic) bond motifs is 1. The molecule has 1 N–H and O–H groups in total. The van der Waals surface area contributed by atoms with Crippen molar-refractivity contribution in [1.29, 1.82) is 0 Å². The van der Waals surface area contributed by atoms with Crippen molar-refractivity contribution in [2.24, 2.45) is 7.05 Å². The van der Waals surface area contributed by atoms with Gasteiger partial charge in [-0.05, 0) is 42.3 Å². The Morgan fingerprint density at radius 2 is 2.18 bits per heavy atom. The second-order valence-corrected chi connectivity index (χ2v) is 7.16. The lowest BCUT2D eigenvalue weighted by molar-refractivity contribution is 0.217. The number of anilines is 1. The molecule has 2 amide bonds. The highest BCUT2D eigenvalue weighted by Crippen LogP contribution is 2.31. The molecular formula is C21H21ClN4O2. The molecule has 0 saturated heterocycles. The van der Waals surface area contributed by atoms with E-state index in [-0.39, 0.29) is 6.03 Å². The third-order valence-electron chi connectivity index (χ3n) is 4.98. The summed E-state index contributed by atoms with van der Waals surface area (Å²) in [7, 11) is 3.56. The number of nitrogens with one attached hydrogen (secondary N) is 1. The first-order valence-electron chi connectivity index (χ1n) is 9.05. The van der Waals surface area contributed by atoms with Gasteiger partial charge in [0.1, 0.15) is 11.4 Å². The lowest BCUT2D eigenvalue weighted by atomic mass is 10.00. The Kier molecular flexibility index (Phi) is 4.96. The van der Waals surface area contributed by atoms with Gasteiger partial charge in [0.15, 0.2) is 0 Å². The molecule has 0 saturated carbocycles. The van der Waals surface area contributed by atoms with Crippen LogP contribution in [-0.4, -0.2) is 40.7 Å². The molecule has 1 aliphatic heterocycles. The number of amides is 2. The predicted octanol–water partition coefficient (Wildman–Crippen LogP) is 4.56. The SMILES string of the molecule is COc1ccc(Cl)cc1NC(=O)N1CC=C(c2cn(C)c3ncccc23)CC1. The van der Waals surface area contributed by atoms with E-state index in [4.69, 9.17) is 16.3 Å². The number of aromatic nitrogens is 2. The maximum Gasteiger partial charge on any atom is 0.322 e. The van der Waals surface area contributed by atoms with E-state index in [1.165, 1.54) is 11.1 Å². The van der Waals surface area contributed by atoms with Crippen LogP contribution in [0.1, 0.15) is 12.0 Å². The monoisotopic (exact) mass is 396 g/mol. The largest absolute Gasteiger partial charge is 0.495 e. The summed E-state index contributed by atoms with van der Waals surface area (Å²) in [5, 5.41) is 4.57. The summed E-state index contributed by atoms with van der Waals surface area (Å²) in [6.45, 7) is 1.18. The molecule has 3 heterocycles. The summed E-state index contributed by atoms with van der Waals surface area (Å²) >= 11 is 6.04. The zero-order valence-electron chi connectivity index (χ0n) is 15.8. The quantitative estimate of drug-likeness (QED) is 0.706. The number of carbonyl (C=O) groups is 1. The van der Waals surface area contributed by atoms with Crippen molar-refractivity contribution in [3.63, 3.8) is 0 Å². The highest BCUT2D eigenvalue weighted by Gasteiger charge is 2.21. The molecule has 1 aliphatic rings. The highest BCUT2D eigenvalue weighted by molar-refractivity contribution is 6.31. The van der Waals surface area contributed by atoms with Gasteiger partial charge >= 0.3 is 6.03 Å². The summed E-state index contributed by atoms with van der Waals surface area (Å²) in [6, 6.07) is 9.02. The van der Waals surface area contributed by atoms with Gasteiger partial charge in [-0.3, -0.25) is 0 Å². The molecule has 3 aromatic rings. The number of aryl methyl sites for hydroxylation is 1. The van der Waals surface area contributed by atoms with Crippen LogP contribution in [-0.2, 0) is 7.05 Å².